The Hall–Kier alpha value is -1.82. The van der Waals surface area contributed by atoms with Crippen LogP contribution in [0.15, 0.2) is 33.4 Å². The molecule has 2 aromatic heterocycles. The first kappa shape index (κ1) is 15.6. The SMILES string of the molecule is Cc1cc(C)n(CCCNC(=O)C=Cc2ccc(Br)o2)n1. The number of rotatable bonds is 6. The maximum Gasteiger partial charge on any atom is 0.244 e. The van der Waals surface area contributed by atoms with Crippen LogP contribution in [0.5, 0.6) is 0 Å². The zero-order chi connectivity index (χ0) is 15.2. The van der Waals surface area contributed by atoms with Gasteiger partial charge in [0.2, 0.25) is 5.91 Å². The number of aryl methyl sites for hydroxylation is 3. The Morgan fingerprint density at radius 2 is 2.29 bits per heavy atom. The van der Waals surface area contributed by atoms with Crippen LogP contribution in [0.2, 0.25) is 0 Å². The molecule has 0 aliphatic carbocycles. The van der Waals surface area contributed by atoms with Crippen molar-refractivity contribution < 1.29 is 9.21 Å². The van der Waals surface area contributed by atoms with Gasteiger partial charge in [-0.15, -0.1) is 0 Å². The largest absolute Gasteiger partial charge is 0.450 e. The van der Waals surface area contributed by atoms with Gasteiger partial charge in [0.15, 0.2) is 4.67 Å². The number of amides is 1. The lowest BCUT2D eigenvalue weighted by molar-refractivity contribution is -0.116. The highest BCUT2D eigenvalue weighted by molar-refractivity contribution is 9.10. The molecule has 2 heterocycles. The van der Waals surface area contributed by atoms with Gasteiger partial charge in [-0.05, 0) is 60.5 Å². The number of hydrogen-bond acceptors (Lipinski definition) is 3. The lowest BCUT2D eigenvalue weighted by atomic mass is 10.3. The Bertz CT molecular complexity index is 643. The molecule has 0 radical (unpaired) electrons. The zero-order valence-electron chi connectivity index (χ0n) is 12.1. The molecule has 2 aromatic rings. The number of hydrogen-bond donors (Lipinski definition) is 1. The van der Waals surface area contributed by atoms with Crippen molar-refractivity contribution in [1.29, 1.82) is 0 Å². The summed E-state index contributed by atoms with van der Waals surface area (Å²) in [5, 5.41) is 7.21. The summed E-state index contributed by atoms with van der Waals surface area (Å²) in [5.41, 5.74) is 2.16. The quantitative estimate of drug-likeness (QED) is 0.642. The Morgan fingerprint density at radius 3 is 2.90 bits per heavy atom. The second-order valence-corrected chi connectivity index (χ2v) is 5.55. The third kappa shape index (κ3) is 4.90. The van der Waals surface area contributed by atoms with E-state index in [1.165, 1.54) is 6.08 Å². The fourth-order valence-corrected chi connectivity index (χ4v) is 2.30. The van der Waals surface area contributed by atoms with Gasteiger partial charge < -0.3 is 9.73 Å². The van der Waals surface area contributed by atoms with Gasteiger partial charge in [-0.2, -0.15) is 5.10 Å². The number of carbonyl (C=O) groups is 1. The van der Waals surface area contributed by atoms with Crippen LogP contribution in [0.1, 0.15) is 23.6 Å². The molecule has 0 fully saturated rings. The molecule has 0 unspecified atom stereocenters. The molecule has 1 N–H and O–H groups in total. The Kier molecular flexibility index (Phi) is 5.38. The van der Waals surface area contributed by atoms with Crippen LogP contribution >= 0.6 is 15.9 Å². The lowest BCUT2D eigenvalue weighted by Crippen LogP contribution is -2.23. The van der Waals surface area contributed by atoms with Gasteiger partial charge in [-0.25, -0.2) is 0 Å². The van der Waals surface area contributed by atoms with Crippen molar-refractivity contribution in [3.63, 3.8) is 0 Å². The van der Waals surface area contributed by atoms with Gasteiger partial charge in [0.25, 0.3) is 0 Å². The van der Waals surface area contributed by atoms with E-state index < -0.39 is 0 Å². The van der Waals surface area contributed by atoms with Crippen LogP contribution in [0.25, 0.3) is 6.08 Å². The van der Waals surface area contributed by atoms with Crippen LogP contribution in [0.3, 0.4) is 0 Å². The monoisotopic (exact) mass is 351 g/mol. The van der Waals surface area contributed by atoms with E-state index >= 15 is 0 Å². The first-order valence-electron chi connectivity index (χ1n) is 6.77. The van der Waals surface area contributed by atoms with Crippen LogP contribution in [0, 0.1) is 13.8 Å². The third-order valence-corrected chi connectivity index (χ3v) is 3.37. The standard InChI is InChI=1S/C15H18BrN3O2/c1-11-10-12(2)19(18-11)9-3-8-17-15(20)7-5-13-4-6-14(16)21-13/h4-7,10H,3,8-9H2,1-2H3,(H,17,20). The van der Waals surface area contributed by atoms with Gasteiger partial charge in [-0.1, -0.05) is 0 Å². The molecule has 1 amide bonds. The van der Waals surface area contributed by atoms with E-state index in [-0.39, 0.29) is 5.91 Å². The Morgan fingerprint density at radius 1 is 1.48 bits per heavy atom. The minimum Gasteiger partial charge on any atom is -0.450 e. The number of carbonyl (C=O) groups excluding carboxylic acids is 1. The summed E-state index contributed by atoms with van der Waals surface area (Å²) >= 11 is 3.21. The molecule has 2 rings (SSSR count). The van der Waals surface area contributed by atoms with E-state index in [1.54, 1.807) is 18.2 Å². The zero-order valence-corrected chi connectivity index (χ0v) is 13.7. The Balaban J connectivity index is 1.70. The van der Waals surface area contributed by atoms with Gasteiger partial charge >= 0.3 is 0 Å². The highest BCUT2D eigenvalue weighted by Crippen LogP contribution is 2.14. The number of nitrogens with one attached hydrogen (secondary N) is 1. The molecule has 0 aliphatic rings. The average molecular weight is 352 g/mol. The molecular weight excluding hydrogens is 334 g/mol. The van der Waals surface area contributed by atoms with Gasteiger partial charge in [0.05, 0.1) is 5.69 Å². The number of halogens is 1. The minimum atomic E-state index is -0.129. The second kappa shape index (κ2) is 7.26. The first-order valence-corrected chi connectivity index (χ1v) is 7.56. The first-order chi connectivity index (χ1) is 10.0. The van der Waals surface area contributed by atoms with E-state index in [1.807, 2.05) is 24.6 Å². The third-order valence-electron chi connectivity index (χ3n) is 2.94. The molecule has 21 heavy (non-hydrogen) atoms. The lowest BCUT2D eigenvalue weighted by Gasteiger charge is -2.04. The van der Waals surface area contributed by atoms with E-state index in [0.29, 0.717) is 17.0 Å². The summed E-state index contributed by atoms with van der Waals surface area (Å²) in [5.74, 6) is 0.510. The molecular formula is C15H18BrN3O2. The maximum atomic E-state index is 11.6. The van der Waals surface area contributed by atoms with Crippen molar-refractivity contribution >= 4 is 27.9 Å². The molecule has 5 nitrogen and oxygen atoms in total. The average Bonchev–Trinajstić information content (AvgIpc) is 2.98. The predicted octanol–water partition coefficient (Wildman–Crippen LogP) is 3.08. The van der Waals surface area contributed by atoms with E-state index in [2.05, 4.69) is 26.3 Å². The molecule has 0 spiro atoms. The van der Waals surface area contributed by atoms with Crippen molar-refractivity contribution in [2.24, 2.45) is 0 Å². The number of furan rings is 1. The summed E-state index contributed by atoms with van der Waals surface area (Å²) < 4.78 is 7.87. The van der Waals surface area contributed by atoms with E-state index in [0.717, 1.165) is 24.4 Å². The van der Waals surface area contributed by atoms with Gasteiger partial charge in [0, 0.05) is 24.9 Å². The molecule has 0 saturated carbocycles. The van der Waals surface area contributed by atoms with Crippen molar-refractivity contribution in [3.8, 4) is 0 Å². The van der Waals surface area contributed by atoms with Crippen molar-refractivity contribution in [1.82, 2.24) is 15.1 Å². The van der Waals surface area contributed by atoms with Crippen LogP contribution in [-0.4, -0.2) is 22.2 Å². The van der Waals surface area contributed by atoms with Crippen LogP contribution in [-0.2, 0) is 11.3 Å². The summed E-state index contributed by atoms with van der Waals surface area (Å²) in [6, 6.07) is 5.62. The molecule has 0 bridgehead atoms. The van der Waals surface area contributed by atoms with Crippen LogP contribution in [0.4, 0.5) is 0 Å². The van der Waals surface area contributed by atoms with E-state index in [9.17, 15) is 4.79 Å². The highest BCUT2D eigenvalue weighted by Gasteiger charge is 2.01. The van der Waals surface area contributed by atoms with Crippen molar-refractivity contribution in [3.05, 3.63) is 46.1 Å². The minimum absolute atomic E-state index is 0.129. The highest BCUT2D eigenvalue weighted by atomic mass is 79.9. The van der Waals surface area contributed by atoms with E-state index in [4.69, 9.17) is 4.42 Å². The summed E-state index contributed by atoms with van der Waals surface area (Å²) in [6.45, 7) is 5.42. The predicted molar refractivity (Wildman–Crippen MR) is 84.8 cm³/mol. The maximum absolute atomic E-state index is 11.6. The van der Waals surface area contributed by atoms with Crippen LogP contribution < -0.4 is 5.32 Å². The molecule has 0 saturated heterocycles. The molecule has 0 aromatic carbocycles. The van der Waals surface area contributed by atoms with Crippen molar-refractivity contribution in [2.75, 3.05) is 6.54 Å². The molecule has 112 valence electrons. The summed E-state index contributed by atoms with van der Waals surface area (Å²) in [6.07, 6.45) is 3.95. The van der Waals surface area contributed by atoms with Gasteiger partial charge in [0.1, 0.15) is 5.76 Å². The molecule has 0 atom stereocenters. The molecule has 6 heteroatoms. The summed E-state index contributed by atoms with van der Waals surface area (Å²) in [4.78, 5) is 11.6. The smallest absolute Gasteiger partial charge is 0.244 e. The van der Waals surface area contributed by atoms with Gasteiger partial charge in [-0.3, -0.25) is 9.48 Å². The van der Waals surface area contributed by atoms with Crippen molar-refractivity contribution in [2.45, 2.75) is 26.8 Å². The summed E-state index contributed by atoms with van der Waals surface area (Å²) in [7, 11) is 0. The number of aromatic nitrogens is 2. The Labute approximate surface area is 132 Å². The number of nitrogens with zero attached hydrogens (tertiary/aromatic N) is 2. The normalized spacial score (nSPS) is 11.2. The molecule has 0 aliphatic heterocycles. The second-order valence-electron chi connectivity index (χ2n) is 4.77. The topological polar surface area (TPSA) is 60.1 Å². The fourth-order valence-electron chi connectivity index (χ4n) is 1.98. The fraction of sp³-hybridized carbons (Fsp3) is 0.333.